The van der Waals surface area contributed by atoms with Gasteiger partial charge in [-0.1, -0.05) is 6.42 Å². The number of H-pyrrole nitrogens is 2. The molecule has 1 saturated carbocycles. The molecule has 0 saturated heterocycles. The van der Waals surface area contributed by atoms with Crippen molar-refractivity contribution in [3.63, 3.8) is 0 Å². The van der Waals surface area contributed by atoms with Gasteiger partial charge in [0.1, 0.15) is 22.8 Å². The largest absolute Gasteiger partial charge is 0.489 e. The van der Waals surface area contributed by atoms with E-state index in [0.29, 0.717) is 22.7 Å². The Bertz CT molecular complexity index is 1750. The third-order valence-electron chi connectivity index (χ3n) is 7.05. The molecule has 0 aliphatic heterocycles. The summed E-state index contributed by atoms with van der Waals surface area (Å²) >= 11 is 0. The van der Waals surface area contributed by atoms with Gasteiger partial charge in [0.25, 0.3) is 0 Å². The van der Waals surface area contributed by atoms with Gasteiger partial charge in [0.05, 0.1) is 40.9 Å². The van der Waals surface area contributed by atoms with Crippen molar-refractivity contribution in [3.8, 4) is 39.8 Å². The van der Waals surface area contributed by atoms with E-state index in [9.17, 15) is 4.39 Å². The summed E-state index contributed by atoms with van der Waals surface area (Å²) < 4.78 is 19.7. The number of imidazole rings is 1. The molecule has 1 aliphatic rings. The van der Waals surface area contributed by atoms with Crippen LogP contribution in [0.3, 0.4) is 0 Å². The van der Waals surface area contributed by atoms with Crippen LogP contribution in [0, 0.1) is 5.82 Å². The minimum absolute atomic E-state index is 0.249. The standard InChI is InChI=1S/C29H24FN7O/c30-19-8-6-17(7-9-19)26-28-23(10-11-32-26)34-29(35-28)27-22-13-24(33-16-25(22)36-37-27)18-12-21(15-31-14-18)38-20-4-2-1-3-5-20/h6-16,20H,1-5H2,(H,34,35)(H,36,37). The van der Waals surface area contributed by atoms with Gasteiger partial charge in [0.2, 0.25) is 0 Å². The van der Waals surface area contributed by atoms with Crippen LogP contribution in [0.1, 0.15) is 32.1 Å². The molecular weight excluding hydrogens is 481 g/mol. The monoisotopic (exact) mass is 505 g/mol. The third kappa shape index (κ3) is 4.15. The molecular formula is C29H24FN7O. The Hall–Kier alpha value is -4.66. The topological polar surface area (TPSA) is 105 Å². The number of ether oxygens (including phenoxy) is 1. The molecule has 0 atom stereocenters. The fourth-order valence-corrected chi connectivity index (χ4v) is 5.12. The van der Waals surface area contributed by atoms with Gasteiger partial charge >= 0.3 is 0 Å². The number of rotatable bonds is 5. The Morgan fingerprint density at radius 2 is 1.71 bits per heavy atom. The summed E-state index contributed by atoms with van der Waals surface area (Å²) in [7, 11) is 0. The summed E-state index contributed by atoms with van der Waals surface area (Å²) in [5.74, 6) is 1.08. The molecule has 7 rings (SSSR count). The van der Waals surface area contributed by atoms with E-state index in [1.807, 2.05) is 18.2 Å². The number of fused-ring (bicyclic) bond motifs is 2. The molecule has 0 amide bonds. The van der Waals surface area contributed by atoms with Gasteiger partial charge in [-0.3, -0.25) is 20.1 Å². The molecule has 8 nitrogen and oxygen atoms in total. The van der Waals surface area contributed by atoms with Gasteiger partial charge in [0, 0.05) is 28.9 Å². The minimum Gasteiger partial charge on any atom is -0.489 e. The van der Waals surface area contributed by atoms with Crippen LogP contribution in [0.2, 0.25) is 0 Å². The molecule has 2 N–H and O–H groups in total. The number of aromatic amines is 2. The Labute approximate surface area is 217 Å². The number of hydrogen-bond acceptors (Lipinski definition) is 6. The quantitative estimate of drug-likeness (QED) is 0.278. The molecule has 0 unspecified atom stereocenters. The van der Waals surface area contributed by atoms with Crippen LogP contribution in [0.5, 0.6) is 5.75 Å². The lowest BCUT2D eigenvalue weighted by molar-refractivity contribution is 0.154. The fourth-order valence-electron chi connectivity index (χ4n) is 5.12. The number of benzene rings is 1. The van der Waals surface area contributed by atoms with Crippen LogP contribution in [0.15, 0.2) is 67.3 Å². The van der Waals surface area contributed by atoms with E-state index < -0.39 is 0 Å². The van der Waals surface area contributed by atoms with E-state index in [1.54, 1.807) is 36.9 Å². The summed E-state index contributed by atoms with van der Waals surface area (Å²) in [5, 5.41) is 8.47. The van der Waals surface area contributed by atoms with E-state index in [0.717, 1.165) is 51.8 Å². The first-order chi connectivity index (χ1) is 18.7. The minimum atomic E-state index is -0.294. The fraction of sp³-hybridized carbons (Fsp3) is 0.207. The van der Waals surface area contributed by atoms with Crippen molar-refractivity contribution in [2.75, 3.05) is 0 Å². The van der Waals surface area contributed by atoms with Crippen molar-refractivity contribution in [1.82, 2.24) is 35.1 Å². The highest BCUT2D eigenvalue weighted by Gasteiger charge is 2.18. The number of nitrogens with one attached hydrogen (secondary N) is 2. The molecule has 188 valence electrons. The predicted molar refractivity (Wildman–Crippen MR) is 143 cm³/mol. The molecule has 1 fully saturated rings. The number of hydrogen-bond donors (Lipinski definition) is 2. The molecule has 1 aliphatic carbocycles. The van der Waals surface area contributed by atoms with Gasteiger partial charge in [-0.15, -0.1) is 0 Å². The lowest BCUT2D eigenvalue weighted by Gasteiger charge is -2.22. The Morgan fingerprint density at radius 1 is 0.842 bits per heavy atom. The summed E-state index contributed by atoms with van der Waals surface area (Å²) in [6.45, 7) is 0. The highest BCUT2D eigenvalue weighted by Crippen LogP contribution is 2.32. The Balaban J connectivity index is 1.25. The Kier molecular flexibility index (Phi) is 5.53. The van der Waals surface area contributed by atoms with Crippen molar-refractivity contribution in [1.29, 1.82) is 0 Å². The highest BCUT2D eigenvalue weighted by atomic mass is 19.1. The second-order valence-electron chi connectivity index (χ2n) is 9.62. The van der Waals surface area contributed by atoms with Gasteiger partial charge in [-0.25, -0.2) is 9.37 Å². The zero-order valence-corrected chi connectivity index (χ0v) is 20.5. The molecule has 38 heavy (non-hydrogen) atoms. The maximum atomic E-state index is 13.5. The third-order valence-corrected chi connectivity index (χ3v) is 7.05. The van der Waals surface area contributed by atoms with Crippen molar-refractivity contribution < 1.29 is 9.13 Å². The van der Waals surface area contributed by atoms with E-state index in [-0.39, 0.29) is 11.9 Å². The van der Waals surface area contributed by atoms with Crippen LogP contribution < -0.4 is 4.74 Å². The summed E-state index contributed by atoms with van der Waals surface area (Å²) in [4.78, 5) is 21.8. The highest BCUT2D eigenvalue weighted by molar-refractivity contribution is 5.96. The van der Waals surface area contributed by atoms with Crippen molar-refractivity contribution in [2.45, 2.75) is 38.2 Å². The number of halogens is 1. The number of nitrogens with zero attached hydrogens (tertiary/aromatic N) is 5. The second kappa shape index (κ2) is 9.33. The number of pyridine rings is 3. The maximum absolute atomic E-state index is 13.5. The second-order valence-corrected chi connectivity index (χ2v) is 9.62. The molecule has 0 bridgehead atoms. The maximum Gasteiger partial charge on any atom is 0.159 e. The summed E-state index contributed by atoms with van der Waals surface area (Å²) in [6, 6.07) is 12.1. The van der Waals surface area contributed by atoms with Crippen molar-refractivity contribution in [2.24, 2.45) is 0 Å². The average molecular weight is 506 g/mol. The number of aromatic nitrogens is 7. The van der Waals surface area contributed by atoms with Crippen molar-refractivity contribution in [3.05, 3.63) is 73.1 Å². The molecule has 1 aromatic carbocycles. The first-order valence-electron chi connectivity index (χ1n) is 12.8. The van der Waals surface area contributed by atoms with E-state index >= 15 is 0 Å². The molecule has 5 heterocycles. The molecule has 0 spiro atoms. The molecule has 0 radical (unpaired) electrons. The van der Waals surface area contributed by atoms with Crippen LogP contribution in [-0.4, -0.2) is 41.2 Å². The van der Waals surface area contributed by atoms with Crippen LogP contribution in [0.4, 0.5) is 4.39 Å². The smallest absolute Gasteiger partial charge is 0.159 e. The predicted octanol–water partition coefficient (Wildman–Crippen LogP) is 6.48. The van der Waals surface area contributed by atoms with Crippen LogP contribution in [0.25, 0.3) is 56.0 Å². The van der Waals surface area contributed by atoms with Crippen molar-refractivity contribution >= 4 is 21.9 Å². The first kappa shape index (κ1) is 22.5. The van der Waals surface area contributed by atoms with Gasteiger partial charge in [-0.05, 0) is 68.1 Å². The van der Waals surface area contributed by atoms with Gasteiger partial charge in [-0.2, -0.15) is 5.10 Å². The van der Waals surface area contributed by atoms with Gasteiger partial charge < -0.3 is 9.72 Å². The molecule has 6 aromatic rings. The van der Waals surface area contributed by atoms with Crippen LogP contribution >= 0.6 is 0 Å². The lowest BCUT2D eigenvalue weighted by Crippen LogP contribution is -2.19. The molecule has 5 aromatic heterocycles. The van der Waals surface area contributed by atoms with E-state index in [1.165, 1.54) is 31.4 Å². The van der Waals surface area contributed by atoms with E-state index in [4.69, 9.17) is 9.72 Å². The Morgan fingerprint density at radius 3 is 2.58 bits per heavy atom. The lowest BCUT2D eigenvalue weighted by atomic mass is 9.98. The normalized spacial score (nSPS) is 14.3. The zero-order chi connectivity index (χ0) is 25.5. The van der Waals surface area contributed by atoms with Gasteiger partial charge in [0.15, 0.2) is 5.82 Å². The van der Waals surface area contributed by atoms with Crippen LogP contribution in [-0.2, 0) is 0 Å². The SMILES string of the molecule is Fc1ccc(-c2nccc3[nH]c(-c4n[nH]c5cnc(-c6cncc(OC7CCCCC7)c6)cc45)nc23)cc1. The zero-order valence-electron chi connectivity index (χ0n) is 20.5. The average Bonchev–Trinajstić information content (AvgIpc) is 3.58. The first-order valence-corrected chi connectivity index (χ1v) is 12.8. The summed E-state index contributed by atoms with van der Waals surface area (Å²) in [5.41, 5.74) is 6.08. The molecule has 9 heteroatoms. The summed E-state index contributed by atoms with van der Waals surface area (Å²) in [6.07, 6.45) is 13.2. The van der Waals surface area contributed by atoms with E-state index in [2.05, 4.69) is 30.1 Å².